The molecule has 1 aliphatic heterocycles. The number of fused-ring (bicyclic) bond motifs is 1. The first-order valence-electron chi connectivity index (χ1n) is 11.2. The zero-order chi connectivity index (χ0) is 23.5. The summed E-state index contributed by atoms with van der Waals surface area (Å²) in [5, 5.41) is 3.70. The molecule has 0 atom stereocenters. The lowest BCUT2D eigenvalue weighted by atomic mass is 10.1. The third-order valence-corrected chi connectivity index (χ3v) is 7.38. The minimum Gasteiger partial charge on any atom is -0.372 e. The number of hydrogen-bond donors (Lipinski definition) is 2. The highest BCUT2D eigenvalue weighted by atomic mass is 35.5. The molecule has 0 radical (unpaired) electrons. The second kappa shape index (κ2) is 9.48. The first-order valence-corrected chi connectivity index (χ1v) is 13.0. The van der Waals surface area contributed by atoms with Crippen LogP contribution in [-0.2, 0) is 10.0 Å². The molecule has 1 fully saturated rings. The van der Waals surface area contributed by atoms with Gasteiger partial charge in [-0.05, 0) is 79.9 Å². The first-order chi connectivity index (χ1) is 16.5. The molecule has 0 bridgehead atoms. The molecule has 1 aromatic heterocycles. The Morgan fingerprint density at radius 2 is 1.38 bits per heavy atom. The Morgan fingerprint density at radius 3 is 2.03 bits per heavy atom. The van der Waals surface area contributed by atoms with Gasteiger partial charge in [-0.1, -0.05) is 23.7 Å². The van der Waals surface area contributed by atoms with Crippen molar-refractivity contribution in [3.63, 3.8) is 0 Å². The van der Waals surface area contributed by atoms with E-state index in [-0.39, 0.29) is 10.7 Å². The monoisotopic (exact) mass is 493 g/mol. The molecule has 34 heavy (non-hydrogen) atoms. The Kier molecular flexibility index (Phi) is 6.26. The fraction of sp³-hybridized carbons (Fsp3) is 0.200. The van der Waals surface area contributed by atoms with Crippen molar-refractivity contribution < 1.29 is 8.42 Å². The van der Waals surface area contributed by atoms with Crippen molar-refractivity contribution in [1.82, 2.24) is 9.97 Å². The van der Waals surface area contributed by atoms with Crippen LogP contribution in [0, 0.1) is 0 Å². The van der Waals surface area contributed by atoms with E-state index < -0.39 is 10.0 Å². The van der Waals surface area contributed by atoms with Crippen molar-refractivity contribution in [2.45, 2.75) is 24.2 Å². The van der Waals surface area contributed by atoms with Gasteiger partial charge in [-0.15, -0.1) is 0 Å². The molecule has 5 rings (SSSR count). The molecule has 9 heteroatoms. The standard InChI is InChI=1S/C25H24ClN5O2S/c26-18-8-14-21(15-9-18)34(32,33)30-25-24(28-22-6-2-3-7-23(22)29-25)27-19-10-12-20(13-11-19)31-16-4-1-5-17-31/h2-3,6-15H,1,4-5,16-17H2,(H,27,28)(H,29,30). The topological polar surface area (TPSA) is 87.2 Å². The van der Waals surface area contributed by atoms with Crippen molar-refractivity contribution in [3.8, 4) is 0 Å². The van der Waals surface area contributed by atoms with E-state index in [2.05, 4.69) is 37.0 Å². The smallest absolute Gasteiger partial charge is 0.263 e. The van der Waals surface area contributed by atoms with Crippen LogP contribution in [0.4, 0.5) is 23.0 Å². The number of piperidine rings is 1. The molecule has 0 aliphatic carbocycles. The molecule has 2 heterocycles. The van der Waals surface area contributed by atoms with Crippen molar-refractivity contribution in [1.29, 1.82) is 0 Å². The molecule has 1 saturated heterocycles. The Morgan fingerprint density at radius 1 is 0.765 bits per heavy atom. The lowest BCUT2D eigenvalue weighted by molar-refractivity contribution is 0.578. The normalized spacial score (nSPS) is 14.2. The van der Waals surface area contributed by atoms with E-state index in [1.165, 1.54) is 49.2 Å². The van der Waals surface area contributed by atoms with Crippen molar-refractivity contribution >= 4 is 55.7 Å². The van der Waals surface area contributed by atoms with Gasteiger partial charge in [-0.3, -0.25) is 4.72 Å². The summed E-state index contributed by atoms with van der Waals surface area (Å²) in [5.41, 5.74) is 3.21. The van der Waals surface area contributed by atoms with E-state index in [4.69, 9.17) is 11.6 Å². The van der Waals surface area contributed by atoms with E-state index in [1.54, 1.807) is 6.07 Å². The first kappa shape index (κ1) is 22.4. The van der Waals surface area contributed by atoms with Crippen LogP contribution in [0.25, 0.3) is 11.0 Å². The quantitative estimate of drug-likeness (QED) is 0.352. The maximum Gasteiger partial charge on any atom is 0.263 e. The van der Waals surface area contributed by atoms with Gasteiger partial charge in [0.15, 0.2) is 11.6 Å². The summed E-state index contributed by atoms with van der Waals surface area (Å²) in [7, 11) is -3.89. The van der Waals surface area contributed by atoms with Crippen molar-refractivity contribution in [2.75, 3.05) is 28.0 Å². The number of anilines is 4. The number of sulfonamides is 1. The number of nitrogens with one attached hydrogen (secondary N) is 2. The van der Waals surface area contributed by atoms with Gasteiger partial charge in [0.25, 0.3) is 10.0 Å². The summed E-state index contributed by atoms with van der Waals surface area (Å²) in [6.07, 6.45) is 3.71. The third kappa shape index (κ3) is 4.93. The van der Waals surface area contributed by atoms with Crippen LogP contribution in [0.15, 0.2) is 77.7 Å². The zero-order valence-corrected chi connectivity index (χ0v) is 20.0. The molecule has 0 saturated carbocycles. The summed E-state index contributed by atoms with van der Waals surface area (Å²) in [4.78, 5) is 11.7. The Hall–Kier alpha value is -3.36. The van der Waals surface area contributed by atoms with Gasteiger partial charge in [0.1, 0.15) is 0 Å². The van der Waals surface area contributed by atoms with Gasteiger partial charge in [-0.2, -0.15) is 0 Å². The summed E-state index contributed by atoms with van der Waals surface area (Å²) < 4.78 is 28.6. The van der Waals surface area contributed by atoms with Crippen LogP contribution >= 0.6 is 11.6 Å². The number of para-hydroxylation sites is 2. The summed E-state index contributed by atoms with van der Waals surface area (Å²) >= 11 is 5.91. The molecule has 0 amide bonds. The van der Waals surface area contributed by atoms with Gasteiger partial charge < -0.3 is 10.2 Å². The van der Waals surface area contributed by atoms with Gasteiger partial charge in [0.2, 0.25) is 0 Å². The van der Waals surface area contributed by atoms with Crippen LogP contribution in [-0.4, -0.2) is 31.5 Å². The van der Waals surface area contributed by atoms with Crippen LogP contribution in [0.3, 0.4) is 0 Å². The second-order valence-electron chi connectivity index (χ2n) is 8.19. The van der Waals surface area contributed by atoms with E-state index in [0.29, 0.717) is 21.9 Å². The number of halogens is 1. The fourth-order valence-electron chi connectivity index (χ4n) is 4.00. The summed E-state index contributed by atoms with van der Waals surface area (Å²) in [6.45, 7) is 2.14. The second-order valence-corrected chi connectivity index (χ2v) is 10.3. The zero-order valence-electron chi connectivity index (χ0n) is 18.4. The average molecular weight is 494 g/mol. The number of rotatable bonds is 6. The van der Waals surface area contributed by atoms with Gasteiger partial charge in [0.05, 0.1) is 15.9 Å². The van der Waals surface area contributed by atoms with Crippen LogP contribution in [0.1, 0.15) is 19.3 Å². The molecule has 0 spiro atoms. The molecular weight excluding hydrogens is 470 g/mol. The predicted octanol–water partition coefficient (Wildman–Crippen LogP) is 5.82. The van der Waals surface area contributed by atoms with Gasteiger partial charge in [0, 0.05) is 29.5 Å². The van der Waals surface area contributed by atoms with Gasteiger partial charge in [-0.25, -0.2) is 18.4 Å². The predicted molar refractivity (Wildman–Crippen MR) is 138 cm³/mol. The lowest BCUT2D eigenvalue weighted by Crippen LogP contribution is -2.29. The molecule has 4 aromatic rings. The van der Waals surface area contributed by atoms with Crippen LogP contribution < -0.4 is 14.9 Å². The summed E-state index contributed by atoms with van der Waals surface area (Å²) in [5.74, 6) is 0.440. The number of benzene rings is 3. The summed E-state index contributed by atoms with van der Waals surface area (Å²) in [6, 6.07) is 21.4. The highest BCUT2D eigenvalue weighted by Gasteiger charge is 2.19. The molecular formula is C25H24ClN5O2S. The number of hydrogen-bond acceptors (Lipinski definition) is 6. The Labute approximate surface area is 203 Å². The largest absolute Gasteiger partial charge is 0.372 e. The molecule has 0 unspecified atom stereocenters. The third-order valence-electron chi connectivity index (χ3n) is 5.78. The molecule has 3 aromatic carbocycles. The highest BCUT2D eigenvalue weighted by Crippen LogP contribution is 2.29. The van der Waals surface area contributed by atoms with Crippen molar-refractivity contribution in [2.24, 2.45) is 0 Å². The maximum absolute atomic E-state index is 13.0. The van der Waals surface area contributed by atoms with E-state index >= 15 is 0 Å². The maximum atomic E-state index is 13.0. The minimum absolute atomic E-state index is 0.0868. The van der Waals surface area contributed by atoms with Crippen LogP contribution in [0.2, 0.25) is 5.02 Å². The molecule has 2 N–H and O–H groups in total. The van der Waals surface area contributed by atoms with Gasteiger partial charge >= 0.3 is 0 Å². The Balaban J connectivity index is 1.46. The van der Waals surface area contributed by atoms with E-state index in [9.17, 15) is 8.42 Å². The van der Waals surface area contributed by atoms with E-state index in [1.807, 2.05) is 30.3 Å². The number of aromatic nitrogens is 2. The highest BCUT2D eigenvalue weighted by molar-refractivity contribution is 7.92. The number of nitrogens with zero attached hydrogens (tertiary/aromatic N) is 3. The fourth-order valence-corrected chi connectivity index (χ4v) is 5.14. The lowest BCUT2D eigenvalue weighted by Gasteiger charge is -2.28. The minimum atomic E-state index is -3.89. The molecule has 7 nitrogen and oxygen atoms in total. The SMILES string of the molecule is O=S(=O)(Nc1nc2ccccc2nc1Nc1ccc(N2CCCCC2)cc1)c1ccc(Cl)cc1. The van der Waals surface area contributed by atoms with Crippen LogP contribution in [0.5, 0.6) is 0 Å². The molecule has 174 valence electrons. The Bertz CT molecular complexity index is 1400. The average Bonchev–Trinajstić information content (AvgIpc) is 2.85. The van der Waals surface area contributed by atoms with Crippen molar-refractivity contribution in [3.05, 3.63) is 77.8 Å². The van der Waals surface area contributed by atoms with E-state index in [0.717, 1.165) is 18.8 Å². The molecule has 1 aliphatic rings.